The highest BCUT2D eigenvalue weighted by atomic mass is 14.2. The van der Waals surface area contributed by atoms with Crippen LogP contribution in [0.3, 0.4) is 0 Å². The smallest absolute Gasteiger partial charge is 0.0998 e. The summed E-state index contributed by atoms with van der Waals surface area (Å²) < 4.78 is 0. The lowest BCUT2D eigenvalue weighted by atomic mass is 10.1. The summed E-state index contributed by atoms with van der Waals surface area (Å²) in [6.07, 6.45) is 1.37. The average Bonchev–Trinajstić information content (AvgIpc) is 2.04. The fourth-order valence-corrected chi connectivity index (χ4v) is 0.685. The van der Waals surface area contributed by atoms with Gasteiger partial charge < -0.3 is 0 Å². The van der Waals surface area contributed by atoms with Crippen molar-refractivity contribution in [3.8, 4) is 6.07 Å². The summed E-state index contributed by atoms with van der Waals surface area (Å²) in [5.74, 6) is 0. The van der Waals surface area contributed by atoms with Crippen LogP contribution in [-0.4, -0.2) is 0 Å². The number of hydrogen-bond donors (Lipinski definition) is 0. The van der Waals surface area contributed by atoms with Crippen molar-refractivity contribution in [1.29, 1.82) is 5.26 Å². The largest absolute Gasteiger partial charge is 0.192 e. The number of benzene rings is 1. The van der Waals surface area contributed by atoms with Gasteiger partial charge in [-0.1, -0.05) is 24.8 Å². The molecule has 2 radical (unpaired) electrons. The van der Waals surface area contributed by atoms with Crippen LogP contribution in [0.15, 0.2) is 18.2 Å². The molecule has 0 aliphatic rings. The maximum atomic E-state index is 8.50. The van der Waals surface area contributed by atoms with Gasteiger partial charge in [0.25, 0.3) is 0 Å². The van der Waals surface area contributed by atoms with Crippen molar-refractivity contribution in [1.82, 2.24) is 0 Å². The van der Waals surface area contributed by atoms with Gasteiger partial charge in [-0.3, -0.25) is 0 Å². The predicted octanol–water partition coefficient (Wildman–Crippen LogP) is 1.80. The Bertz CT molecular complexity index is 281. The van der Waals surface area contributed by atoms with Crippen LogP contribution < -0.4 is 0 Å². The van der Waals surface area contributed by atoms with Crippen LogP contribution in [-0.2, 0) is 0 Å². The summed E-state index contributed by atoms with van der Waals surface area (Å²) in [6.45, 7) is 5.22. The lowest BCUT2D eigenvalue weighted by molar-refractivity contribution is 1.47. The minimum Gasteiger partial charge on any atom is -0.192 e. The normalized spacial score (nSPS) is 8.30. The van der Waals surface area contributed by atoms with Crippen molar-refractivity contribution in [2.24, 2.45) is 0 Å². The van der Waals surface area contributed by atoms with Crippen molar-refractivity contribution in [2.45, 2.75) is 0 Å². The first-order chi connectivity index (χ1) is 4.88. The monoisotopic (exact) mass is 127 g/mol. The predicted molar refractivity (Wildman–Crippen MR) is 38.8 cm³/mol. The van der Waals surface area contributed by atoms with Crippen LogP contribution in [0.1, 0.15) is 11.1 Å². The van der Waals surface area contributed by atoms with Gasteiger partial charge in [-0.25, -0.2) is 0 Å². The van der Waals surface area contributed by atoms with E-state index in [1.165, 1.54) is 6.08 Å². The molecule has 0 aliphatic heterocycles. The lowest BCUT2D eigenvalue weighted by Gasteiger charge is -1.91. The van der Waals surface area contributed by atoms with Crippen LogP contribution in [0.4, 0.5) is 0 Å². The van der Waals surface area contributed by atoms with Gasteiger partial charge in [0.15, 0.2) is 0 Å². The van der Waals surface area contributed by atoms with Gasteiger partial charge in [0.2, 0.25) is 0 Å². The molecule has 0 fully saturated rings. The van der Waals surface area contributed by atoms with E-state index in [4.69, 9.17) is 11.8 Å². The Labute approximate surface area is 60.2 Å². The summed E-state index contributed by atoms with van der Waals surface area (Å²) in [7, 11) is 0. The summed E-state index contributed by atoms with van der Waals surface area (Å²) in [4.78, 5) is 0. The fourth-order valence-electron chi connectivity index (χ4n) is 0.685. The first kappa shape index (κ1) is 6.57. The molecule has 0 unspecified atom stereocenters. The molecule has 0 saturated carbocycles. The van der Waals surface area contributed by atoms with Gasteiger partial charge in [0.05, 0.1) is 11.6 Å². The highest BCUT2D eigenvalue weighted by molar-refractivity contribution is 5.54. The molecule has 0 spiro atoms. The average molecular weight is 127 g/mol. The summed E-state index contributed by atoms with van der Waals surface area (Å²) in [5.41, 5.74) is 1.22. The molecular formula is C9H5N. The number of hydrogen-bond acceptors (Lipinski definition) is 1. The van der Waals surface area contributed by atoms with E-state index in [0.29, 0.717) is 11.1 Å². The SMILES string of the molecule is [CH]=Cc1[c]cccc1C#N. The fraction of sp³-hybridized carbons (Fsp3) is 0. The topological polar surface area (TPSA) is 23.8 Å². The maximum Gasteiger partial charge on any atom is 0.0998 e. The van der Waals surface area contributed by atoms with Gasteiger partial charge in [0, 0.05) is 5.56 Å². The van der Waals surface area contributed by atoms with Gasteiger partial charge in [-0.05, 0) is 12.1 Å². The first-order valence-electron chi connectivity index (χ1n) is 2.84. The zero-order valence-corrected chi connectivity index (χ0v) is 5.33. The molecule has 0 N–H and O–H groups in total. The Morgan fingerprint density at radius 3 is 3.00 bits per heavy atom. The van der Waals surface area contributed by atoms with Crippen molar-refractivity contribution >= 4 is 6.08 Å². The molecular weight excluding hydrogens is 122 g/mol. The maximum absolute atomic E-state index is 8.50. The van der Waals surface area contributed by atoms with Gasteiger partial charge in [-0.2, -0.15) is 5.26 Å². The van der Waals surface area contributed by atoms with Crippen LogP contribution >= 0.6 is 0 Å². The number of nitriles is 1. The Kier molecular flexibility index (Phi) is 1.86. The van der Waals surface area contributed by atoms with Crippen molar-refractivity contribution in [3.63, 3.8) is 0 Å². The molecule has 1 rings (SSSR count). The van der Waals surface area contributed by atoms with Crippen LogP contribution in [0, 0.1) is 24.0 Å². The zero-order chi connectivity index (χ0) is 7.40. The summed E-state index contributed by atoms with van der Waals surface area (Å²) >= 11 is 0. The van der Waals surface area contributed by atoms with Crippen molar-refractivity contribution < 1.29 is 0 Å². The molecule has 46 valence electrons. The Morgan fingerprint density at radius 2 is 2.50 bits per heavy atom. The molecule has 1 aromatic rings. The van der Waals surface area contributed by atoms with Crippen molar-refractivity contribution in [2.75, 3.05) is 0 Å². The molecule has 0 heterocycles. The molecule has 0 aliphatic carbocycles. The highest BCUT2D eigenvalue weighted by Gasteiger charge is 1.93. The van der Waals surface area contributed by atoms with E-state index in [1.54, 1.807) is 18.2 Å². The van der Waals surface area contributed by atoms with Gasteiger partial charge >= 0.3 is 0 Å². The second-order valence-corrected chi connectivity index (χ2v) is 1.78. The van der Waals surface area contributed by atoms with Crippen LogP contribution in [0.2, 0.25) is 0 Å². The molecule has 0 atom stereocenters. The van der Waals surface area contributed by atoms with E-state index in [1.807, 2.05) is 6.07 Å². The van der Waals surface area contributed by atoms with E-state index in [-0.39, 0.29) is 0 Å². The second-order valence-electron chi connectivity index (χ2n) is 1.78. The zero-order valence-electron chi connectivity index (χ0n) is 5.33. The molecule has 1 heteroatoms. The second kappa shape index (κ2) is 2.84. The molecule has 0 saturated heterocycles. The van der Waals surface area contributed by atoms with E-state index in [9.17, 15) is 0 Å². The molecule has 1 aromatic carbocycles. The van der Waals surface area contributed by atoms with E-state index >= 15 is 0 Å². The quantitative estimate of drug-likeness (QED) is 0.564. The van der Waals surface area contributed by atoms with E-state index < -0.39 is 0 Å². The molecule has 10 heavy (non-hydrogen) atoms. The molecule has 1 nitrogen and oxygen atoms in total. The lowest BCUT2D eigenvalue weighted by Crippen LogP contribution is -1.78. The van der Waals surface area contributed by atoms with Crippen LogP contribution in [0.5, 0.6) is 0 Å². The molecule has 0 aromatic heterocycles. The number of nitrogens with zero attached hydrogens (tertiary/aromatic N) is 1. The van der Waals surface area contributed by atoms with Crippen LogP contribution in [0.25, 0.3) is 6.08 Å². The van der Waals surface area contributed by atoms with E-state index in [0.717, 1.165) is 0 Å². The van der Waals surface area contributed by atoms with Gasteiger partial charge in [0.1, 0.15) is 0 Å². The number of rotatable bonds is 1. The minimum absolute atomic E-state index is 0.560. The first-order valence-corrected chi connectivity index (χ1v) is 2.84. The summed E-state index contributed by atoms with van der Waals surface area (Å²) in [5, 5.41) is 8.50. The standard InChI is InChI=1S/C9H5N/c1-2-8-5-3-4-6-9(8)7-10/h1-4,6H. The summed E-state index contributed by atoms with van der Waals surface area (Å²) in [6, 6.07) is 10.0. The van der Waals surface area contributed by atoms with E-state index in [2.05, 4.69) is 6.07 Å². The molecule has 0 amide bonds. The Balaban J connectivity index is 3.24. The Morgan fingerprint density at radius 1 is 1.70 bits per heavy atom. The third kappa shape index (κ3) is 1.06. The van der Waals surface area contributed by atoms with Crippen molar-refractivity contribution in [3.05, 3.63) is 42.0 Å². The van der Waals surface area contributed by atoms with Gasteiger partial charge in [-0.15, -0.1) is 0 Å². The minimum atomic E-state index is 0.560. The third-order valence-corrected chi connectivity index (χ3v) is 1.18. The Hall–Kier alpha value is -1.55. The highest BCUT2D eigenvalue weighted by Crippen LogP contribution is 2.06. The molecule has 0 bridgehead atoms. The third-order valence-electron chi connectivity index (χ3n) is 1.18.